The quantitative estimate of drug-likeness (QED) is 0.628. The third-order valence-corrected chi connectivity index (χ3v) is 7.17. The first-order valence-electron chi connectivity index (χ1n) is 10.3. The van der Waals surface area contributed by atoms with E-state index in [9.17, 15) is 4.39 Å². The topological polar surface area (TPSA) is 21.1 Å². The van der Waals surface area contributed by atoms with Crippen molar-refractivity contribution in [1.82, 2.24) is 14.5 Å². The molecule has 0 spiro atoms. The molecule has 0 aliphatic carbocycles. The fourth-order valence-corrected chi connectivity index (χ4v) is 5.39. The molecule has 2 bridgehead atoms. The summed E-state index contributed by atoms with van der Waals surface area (Å²) in [5, 5.41) is 1.43. The second kappa shape index (κ2) is 6.41. The minimum absolute atomic E-state index is 0.267. The number of fused-ring (bicyclic) bond motifs is 6. The highest BCUT2D eigenvalue weighted by Crippen LogP contribution is 2.51. The van der Waals surface area contributed by atoms with Gasteiger partial charge in [-0.3, -0.25) is 9.88 Å². The minimum atomic E-state index is -0.497. The van der Waals surface area contributed by atoms with Crippen molar-refractivity contribution in [3.8, 4) is 0 Å². The number of rotatable bonds is 4. The summed E-state index contributed by atoms with van der Waals surface area (Å²) in [5.41, 5.74) is 7.71. The predicted octanol–water partition coefficient (Wildman–Crippen LogP) is 5.14. The van der Waals surface area contributed by atoms with Gasteiger partial charge in [0.2, 0.25) is 0 Å². The molecule has 2 aliphatic rings. The number of alkyl halides is 1. The van der Waals surface area contributed by atoms with Crippen LogP contribution in [-0.4, -0.2) is 27.0 Å². The van der Waals surface area contributed by atoms with E-state index in [2.05, 4.69) is 53.5 Å². The van der Waals surface area contributed by atoms with Gasteiger partial charge in [-0.2, -0.15) is 0 Å². The van der Waals surface area contributed by atoms with Crippen LogP contribution in [0.4, 0.5) is 4.39 Å². The van der Waals surface area contributed by atoms with E-state index in [4.69, 9.17) is 0 Å². The SMILES string of the molecule is Cc1ccc2c(c1)c1c(n2CCc2ccc(CF)nc2)CC2(C)CCC1N2C. The summed E-state index contributed by atoms with van der Waals surface area (Å²) < 4.78 is 15.3. The smallest absolute Gasteiger partial charge is 0.131 e. The third-order valence-electron chi connectivity index (χ3n) is 7.17. The van der Waals surface area contributed by atoms with Gasteiger partial charge in [0.25, 0.3) is 0 Å². The van der Waals surface area contributed by atoms with Gasteiger partial charge >= 0.3 is 0 Å². The highest BCUT2D eigenvalue weighted by molar-refractivity contribution is 5.87. The van der Waals surface area contributed by atoms with Gasteiger partial charge in [-0.1, -0.05) is 17.7 Å². The Balaban J connectivity index is 1.57. The summed E-state index contributed by atoms with van der Waals surface area (Å²) in [6.45, 7) is 5.05. The van der Waals surface area contributed by atoms with Crippen LogP contribution in [0.5, 0.6) is 0 Å². The molecule has 5 rings (SSSR count). The predicted molar refractivity (Wildman–Crippen MR) is 111 cm³/mol. The van der Waals surface area contributed by atoms with E-state index in [-0.39, 0.29) is 5.54 Å². The van der Waals surface area contributed by atoms with E-state index in [0.717, 1.165) is 19.4 Å². The summed E-state index contributed by atoms with van der Waals surface area (Å²) in [5.74, 6) is 0. The zero-order chi connectivity index (χ0) is 19.5. The molecule has 2 aliphatic heterocycles. The summed E-state index contributed by atoms with van der Waals surface area (Å²) in [4.78, 5) is 6.83. The van der Waals surface area contributed by atoms with Crippen LogP contribution in [0.3, 0.4) is 0 Å². The van der Waals surface area contributed by atoms with Crippen molar-refractivity contribution in [1.29, 1.82) is 0 Å². The molecule has 2 atom stereocenters. The van der Waals surface area contributed by atoms with Gasteiger partial charge in [-0.05, 0) is 69.5 Å². The summed E-state index contributed by atoms with van der Waals surface area (Å²) in [6, 6.07) is 11.2. The molecule has 0 saturated carbocycles. The average Bonchev–Trinajstić information content (AvgIpc) is 3.07. The Kier molecular flexibility index (Phi) is 4.09. The zero-order valence-corrected chi connectivity index (χ0v) is 17.0. The lowest BCUT2D eigenvalue weighted by Gasteiger charge is -2.40. The van der Waals surface area contributed by atoms with Gasteiger partial charge in [0, 0.05) is 47.3 Å². The van der Waals surface area contributed by atoms with Crippen LogP contribution in [0, 0.1) is 6.92 Å². The van der Waals surface area contributed by atoms with Crippen molar-refractivity contribution in [3.05, 3.63) is 64.6 Å². The molecule has 1 aromatic carbocycles. The Labute approximate surface area is 166 Å². The number of hydrogen-bond donors (Lipinski definition) is 0. The first kappa shape index (κ1) is 17.9. The van der Waals surface area contributed by atoms with Crippen LogP contribution < -0.4 is 0 Å². The first-order chi connectivity index (χ1) is 13.5. The maximum atomic E-state index is 12.7. The maximum Gasteiger partial charge on any atom is 0.131 e. The second-order valence-electron chi connectivity index (χ2n) is 8.91. The number of hydrogen-bond acceptors (Lipinski definition) is 2. The minimum Gasteiger partial charge on any atom is -0.344 e. The van der Waals surface area contributed by atoms with Crippen molar-refractivity contribution < 1.29 is 4.39 Å². The van der Waals surface area contributed by atoms with Crippen molar-refractivity contribution in [2.45, 2.75) is 64.3 Å². The van der Waals surface area contributed by atoms with Crippen molar-refractivity contribution in [3.63, 3.8) is 0 Å². The third kappa shape index (κ3) is 2.61. The molecule has 28 heavy (non-hydrogen) atoms. The molecule has 146 valence electrons. The van der Waals surface area contributed by atoms with Gasteiger partial charge in [0.15, 0.2) is 0 Å². The van der Waals surface area contributed by atoms with Gasteiger partial charge in [0.05, 0.1) is 5.69 Å². The Morgan fingerprint density at radius 1 is 1.25 bits per heavy atom. The van der Waals surface area contributed by atoms with Crippen molar-refractivity contribution >= 4 is 10.9 Å². The molecular formula is C24H28FN3. The van der Waals surface area contributed by atoms with Crippen LogP contribution in [0.15, 0.2) is 36.5 Å². The number of likely N-dealkylation sites (N-methyl/N-ethyl adjacent to an activating group) is 1. The Morgan fingerprint density at radius 3 is 2.86 bits per heavy atom. The molecular weight excluding hydrogens is 349 g/mol. The first-order valence-corrected chi connectivity index (χ1v) is 10.3. The molecule has 4 heterocycles. The molecule has 4 heteroatoms. The second-order valence-corrected chi connectivity index (χ2v) is 8.91. The summed E-state index contributed by atoms with van der Waals surface area (Å²) in [7, 11) is 2.30. The van der Waals surface area contributed by atoms with Crippen LogP contribution in [0.2, 0.25) is 0 Å². The van der Waals surface area contributed by atoms with E-state index in [1.807, 2.05) is 12.3 Å². The van der Waals surface area contributed by atoms with Crippen molar-refractivity contribution in [2.75, 3.05) is 7.05 Å². The van der Waals surface area contributed by atoms with Gasteiger partial charge in [0.1, 0.15) is 6.67 Å². The number of nitrogens with zero attached hydrogens (tertiary/aromatic N) is 3. The van der Waals surface area contributed by atoms with Crippen LogP contribution in [0.25, 0.3) is 10.9 Å². The largest absolute Gasteiger partial charge is 0.344 e. The molecule has 1 fully saturated rings. The molecule has 3 aromatic rings. The van der Waals surface area contributed by atoms with E-state index in [1.54, 1.807) is 11.6 Å². The lowest BCUT2D eigenvalue weighted by molar-refractivity contribution is 0.133. The van der Waals surface area contributed by atoms with Crippen LogP contribution in [-0.2, 0) is 26.1 Å². The summed E-state index contributed by atoms with van der Waals surface area (Å²) in [6.07, 6.45) is 6.38. The Bertz CT molecular complexity index is 1040. The fraction of sp³-hybridized carbons (Fsp3) is 0.458. The fourth-order valence-electron chi connectivity index (χ4n) is 5.39. The van der Waals surface area contributed by atoms with Crippen LogP contribution in [0.1, 0.15) is 53.9 Å². The van der Waals surface area contributed by atoms with E-state index in [0.29, 0.717) is 11.7 Å². The van der Waals surface area contributed by atoms with E-state index < -0.39 is 6.67 Å². The van der Waals surface area contributed by atoms with Gasteiger partial charge in [-0.15, -0.1) is 0 Å². The highest BCUT2D eigenvalue weighted by Gasteiger charge is 2.48. The molecule has 3 nitrogen and oxygen atoms in total. The lowest BCUT2D eigenvalue weighted by atomic mass is 9.89. The van der Waals surface area contributed by atoms with Crippen LogP contribution >= 0.6 is 0 Å². The summed E-state index contributed by atoms with van der Waals surface area (Å²) >= 11 is 0. The maximum absolute atomic E-state index is 12.7. The van der Waals surface area contributed by atoms with E-state index in [1.165, 1.54) is 40.6 Å². The normalized spacial score (nSPS) is 24.1. The standard InChI is InChI=1S/C24H28FN3/c1-16-4-7-20-19(12-16)23-21-8-10-24(2,27(21)3)13-22(23)28(20)11-9-17-5-6-18(14-25)26-15-17/h4-7,12,15,21H,8-11,13-14H2,1-3H3. The number of aryl methyl sites for hydroxylation is 3. The monoisotopic (exact) mass is 377 g/mol. The molecule has 1 saturated heterocycles. The molecule has 0 N–H and O–H groups in total. The molecule has 0 amide bonds. The number of aromatic nitrogens is 2. The van der Waals surface area contributed by atoms with Crippen molar-refractivity contribution in [2.24, 2.45) is 0 Å². The number of benzene rings is 1. The Morgan fingerprint density at radius 2 is 2.11 bits per heavy atom. The zero-order valence-electron chi connectivity index (χ0n) is 17.0. The molecule has 2 aromatic heterocycles. The average molecular weight is 378 g/mol. The highest BCUT2D eigenvalue weighted by atomic mass is 19.1. The van der Waals surface area contributed by atoms with Gasteiger partial charge in [-0.25, -0.2) is 4.39 Å². The Hall–Kier alpha value is -2.20. The number of halogens is 1. The lowest BCUT2D eigenvalue weighted by Crippen LogP contribution is -2.45. The van der Waals surface area contributed by atoms with E-state index >= 15 is 0 Å². The van der Waals surface area contributed by atoms with Gasteiger partial charge < -0.3 is 4.57 Å². The number of pyridine rings is 1. The molecule has 0 radical (unpaired) electrons. The molecule has 2 unspecified atom stereocenters.